The number of rotatable bonds is 4. The molecule has 0 saturated heterocycles. The van der Waals surface area contributed by atoms with Crippen LogP contribution in [0.2, 0.25) is 25.2 Å². The molecule has 76 valence electrons. The summed E-state index contributed by atoms with van der Waals surface area (Å²) in [7, 11) is -2.08. The lowest BCUT2D eigenvalue weighted by Gasteiger charge is -2.27. The Morgan fingerprint density at radius 1 is 1.15 bits per heavy atom. The minimum atomic E-state index is -2.08. The van der Waals surface area contributed by atoms with Gasteiger partial charge < -0.3 is 15.9 Å². The van der Waals surface area contributed by atoms with E-state index in [2.05, 4.69) is 0 Å². The zero-order valence-corrected chi connectivity index (χ0v) is 8.94. The minimum Gasteiger partial charge on any atom is -0.481 e. The highest BCUT2D eigenvalue weighted by Crippen LogP contribution is 2.24. The minimum absolute atomic E-state index is 0.940. The Hall–Kier alpha value is -0.883. The average molecular weight is 205 g/mol. The van der Waals surface area contributed by atoms with Crippen LogP contribution in [0.5, 0.6) is 0 Å². The fourth-order valence-corrected chi connectivity index (χ4v) is 3.17. The van der Waals surface area contributed by atoms with Crippen LogP contribution in [0.15, 0.2) is 0 Å². The van der Waals surface area contributed by atoms with Crippen LogP contribution in [0.25, 0.3) is 0 Å². The van der Waals surface area contributed by atoms with Gasteiger partial charge in [0.25, 0.3) is 0 Å². The van der Waals surface area contributed by atoms with E-state index in [1.807, 2.05) is 0 Å². The van der Waals surface area contributed by atoms with Crippen LogP contribution in [0.4, 0.5) is 0 Å². The molecular weight excluding hydrogens is 190 g/mol. The van der Waals surface area contributed by atoms with Gasteiger partial charge in [0.15, 0.2) is 0 Å². The van der Waals surface area contributed by atoms with Gasteiger partial charge in [-0.15, -0.1) is 0 Å². The Labute approximate surface area is 77.6 Å². The Morgan fingerprint density at radius 3 is 1.62 bits per heavy atom. The molecular formula is C7H15NO4Si. The Kier molecular flexibility index (Phi) is 3.62. The lowest BCUT2D eigenvalue weighted by molar-refractivity contribution is -0.145. The third-order valence-corrected chi connectivity index (χ3v) is 4.32. The molecule has 0 spiro atoms. The van der Waals surface area contributed by atoms with Crippen molar-refractivity contribution in [3.63, 3.8) is 0 Å². The molecule has 0 saturated carbocycles. The number of nitrogens with two attached hydrogens (primary N) is 1. The first kappa shape index (κ1) is 12.1. The molecule has 0 bridgehead atoms. The molecule has 0 aliphatic carbocycles. The summed E-state index contributed by atoms with van der Waals surface area (Å²) in [6, 6.07) is -1.30. The molecule has 6 heteroatoms. The SMILES string of the molecule is C[Si](C)(C)C(C(=O)O)[C@H](N)C(=O)O. The van der Waals surface area contributed by atoms with E-state index in [0.29, 0.717) is 0 Å². The van der Waals surface area contributed by atoms with Crippen LogP contribution in [0, 0.1) is 0 Å². The molecule has 0 aromatic heterocycles. The van der Waals surface area contributed by atoms with Gasteiger partial charge in [0.05, 0.1) is 13.6 Å². The van der Waals surface area contributed by atoms with Crippen molar-refractivity contribution in [2.24, 2.45) is 5.73 Å². The summed E-state index contributed by atoms with van der Waals surface area (Å²) in [4.78, 5) is 21.3. The number of aliphatic carboxylic acids is 2. The molecule has 0 heterocycles. The van der Waals surface area contributed by atoms with E-state index in [4.69, 9.17) is 15.9 Å². The van der Waals surface area contributed by atoms with Crippen molar-refractivity contribution in [1.29, 1.82) is 0 Å². The molecule has 0 aromatic carbocycles. The molecule has 5 nitrogen and oxygen atoms in total. The van der Waals surface area contributed by atoms with Crippen LogP contribution in [-0.4, -0.2) is 36.3 Å². The fourth-order valence-electron chi connectivity index (χ4n) is 1.21. The maximum atomic E-state index is 10.8. The van der Waals surface area contributed by atoms with Crippen LogP contribution in [0.1, 0.15) is 0 Å². The Bertz CT molecular complexity index is 223. The standard InChI is InChI=1S/C7H15NO4Si/c1-13(2,3)5(7(11)12)4(8)6(9)10/h4-5H,8H2,1-3H3,(H,9,10)(H,11,12)/t4-,5?/m0/s1. The molecule has 0 rings (SSSR count). The molecule has 0 aromatic rings. The second-order valence-electron chi connectivity index (χ2n) is 4.05. The zero-order chi connectivity index (χ0) is 10.8. The van der Waals surface area contributed by atoms with Crippen LogP contribution in [-0.2, 0) is 9.59 Å². The first-order valence-electron chi connectivity index (χ1n) is 3.89. The van der Waals surface area contributed by atoms with Crippen molar-refractivity contribution in [1.82, 2.24) is 0 Å². The van der Waals surface area contributed by atoms with Crippen LogP contribution < -0.4 is 5.73 Å². The van der Waals surface area contributed by atoms with Crippen molar-refractivity contribution < 1.29 is 19.8 Å². The van der Waals surface area contributed by atoms with E-state index in [0.717, 1.165) is 0 Å². The van der Waals surface area contributed by atoms with Gasteiger partial charge in [-0.25, -0.2) is 0 Å². The van der Waals surface area contributed by atoms with Gasteiger partial charge in [0.2, 0.25) is 0 Å². The van der Waals surface area contributed by atoms with Gasteiger partial charge in [0, 0.05) is 0 Å². The van der Waals surface area contributed by atoms with Gasteiger partial charge >= 0.3 is 11.9 Å². The van der Waals surface area contributed by atoms with E-state index in [9.17, 15) is 9.59 Å². The number of carboxylic acid groups (broad SMARTS) is 2. The molecule has 13 heavy (non-hydrogen) atoms. The summed E-state index contributed by atoms with van der Waals surface area (Å²) in [6.07, 6.45) is 0. The van der Waals surface area contributed by atoms with Crippen molar-refractivity contribution >= 4 is 20.0 Å². The van der Waals surface area contributed by atoms with E-state index >= 15 is 0 Å². The predicted molar refractivity (Wildman–Crippen MR) is 50.3 cm³/mol. The summed E-state index contributed by atoms with van der Waals surface area (Å²) in [5.41, 5.74) is 4.36. The quantitative estimate of drug-likeness (QED) is 0.569. The van der Waals surface area contributed by atoms with Gasteiger partial charge in [-0.05, 0) is 0 Å². The van der Waals surface area contributed by atoms with Crippen molar-refractivity contribution in [3.8, 4) is 0 Å². The highest BCUT2D eigenvalue weighted by Gasteiger charge is 2.40. The average Bonchev–Trinajstić information content (AvgIpc) is 1.82. The molecule has 0 radical (unpaired) electrons. The van der Waals surface area contributed by atoms with E-state index in [-0.39, 0.29) is 0 Å². The highest BCUT2D eigenvalue weighted by atomic mass is 28.3. The highest BCUT2D eigenvalue weighted by molar-refractivity contribution is 6.80. The molecule has 2 atom stereocenters. The maximum absolute atomic E-state index is 10.8. The summed E-state index contributed by atoms with van der Waals surface area (Å²) in [5.74, 6) is -2.37. The second kappa shape index (κ2) is 3.88. The first-order valence-corrected chi connectivity index (χ1v) is 7.47. The monoisotopic (exact) mass is 205 g/mol. The normalized spacial score (nSPS) is 16.3. The van der Waals surface area contributed by atoms with E-state index < -0.39 is 31.6 Å². The molecule has 0 fully saturated rings. The lowest BCUT2D eigenvalue weighted by atomic mass is 10.2. The first-order chi connectivity index (χ1) is 5.68. The number of carbonyl (C=O) groups is 2. The smallest absolute Gasteiger partial charge is 0.321 e. The van der Waals surface area contributed by atoms with Gasteiger partial charge in [-0.1, -0.05) is 19.6 Å². The number of carboxylic acids is 2. The summed E-state index contributed by atoms with van der Waals surface area (Å²) >= 11 is 0. The Balaban J connectivity index is 4.83. The van der Waals surface area contributed by atoms with Gasteiger partial charge in [0.1, 0.15) is 6.04 Å². The van der Waals surface area contributed by atoms with E-state index in [1.165, 1.54) is 0 Å². The zero-order valence-electron chi connectivity index (χ0n) is 7.94. The summed E-state index contributed by atoms with van der Waals surface area (Å²) in [6.45, 7) is 5.36. The second-order valence-corrected chi connectivity index (χ2v) is 9.40. The maximum Gasteiger partial charge on any atom is 0.321 e. The summed E-state index contributed by atoms with van der Waals surface area (Å²) < 4.78 is 0. The number of hydrogen-bond acceptors (Lipinski definition) is 3. The van der Waals surface area contributed by atoms with Crippen LogP contribution in [0.3, 0.4) is 0 Å². The number of hydrogen-bond donors (Lipinski definition) is 3. The largest absolute Gasteiger partial charge is 0.481 e. The molecule has 1 unspecified atom stereocenters. The van der Waals surface area contributed by atoms with Gasteiger partial charge in [-0.3, -0.25) is 9.59 Å². The lowest BCUT2D eigenvalue weighted by Crippen LogP contribution is -2.49. The molecule has 0 aliphatic heterocycles. The summed E-state index contributed by atoms with van der Waals surface area (Å²) in [5, 5.41) is 17.4. The van der Waals surface area contributed by atoms with Gasteiger partial charge in [-0.2, -0.15) is 0 Å². The van der Waals surface area contributed by atoms with Crippen molar-refractivity contribution in [3.05, 3.63) is 0 Å². The Morgan fingerprint density at radius 2 is 1.54 bits per heavy atom. The predicted octanol–water partition coefficient (Wildman–Crippen LogP) is 0.191. The van der Waals surface area contributed by atoms with Crippen molar-refractivity contribution in [2.75, 3.05) is 0 Å². The third-order valence-electron chi connectivity index (χ3n) is 1.84. The fraction of sp³-hybridized carbons (Fsp3) is 0.714. The molecule has 4 N–H and O–H groups in total. The molecule has 0 amide bonds. The van der Waals surface area contributed by atoms with Crippen molar-refractivity contribution in [2.45, 2.75) is 31.2 Å². The van der Waals surface area contributed by atoms with E-state index in [1.54, 1.807) is 19.6 Å². The van der Waals surface area contributed by atoms with Crippen LogP contribution >= 0.6 is 0 Å². The third kappa shape index (κ3) is 3.15. The molecule has 0 aliphatic rings. The topological polar surface area (TPSA) is 101 Å².